The molecule has 0 radical (unpaired) electrons. The first-order valence-electron chi connectivity index (χ1n) is 10.0. The van der Waals surface area contributed by atoms with Crippen LogP contribution in [0.3, 0.4) is 0 Å². The Morgan fingerprint density at radius 2 is 2.00 bits per heavy atom. The van der Waals surface area contributed by atoms with E-state index in [0.29, 0.717) is 33.5 Å². The van der Waals surface area contributed by atoms with E-state index < -0.39 is 6.04 Å². The first-order valence-corrected chi connectivity index (χ1v) is 10.4. The minimum atomic E-state index is -0.406. The van der Waals surface area contributed by atoms with E-state index >= 15 is 0 Å². The summed E-state index contributed by atoms with van der Waals surface area (Å²) in [5.74, 6) is 0.933. The maximum atomic E-state index is 11.9. The van der Waals surface area contributed by atoms with E-state index in [1.807, 2.05) is 30.3 Å². The molecule has 10 nitrogen and oxygen atoms in total. The van der Waals surface area contributed by atoms with E-state index in [1.54, 1.807) is 31.4 Å². The van der Waals surface area contributed by atoms with Gasteiger partial charge in [-0.3, -0.25) is 9.89 Å². The monoisotopic (exact) mass is 464 g/mol. The molecule has 0 unspecified atom stereocenters. The summed E-state index contributed by atoms with van der Waals surface area (Å²) < 4.78 is 0. The number of hydrogen-bond acceptors (Lipinski definition) is 8. The average Bonchev–Trinajstić information content (AvgIpc) is 3.37. The summed E-state index contributed by atoms with van der Waals surface area (Å²) in [7, 11) is 1.54. The van der Waals surface area contributed by atoms with Gasteiger partial charge in [0, 0.05) is 18.9 Å². The van der Waals surface area contributed by atoms with Crippen molar-refractivity contribution in [1.82, 2.24) is 30.5 Å². The summed E-state index contributed by atoms with van der Waals surface area (Å²) in [5.41, 5.74) is 2.45. The molecule has 0 spiro atoms. The molecular formula is C22H21ClN8O2. The standard InChI is InChI=1S/C22H21ClN8O2/c1-24-21(33)15-8-7-14(9-17(15)23)28-22-25-10-16(19-26-12-27-31-19)20(30-22)29-18(11-32)13-5-3-2-4-6-13/h2-10,12,18,32H,11H2,1H3,(H,24,33)(H,26,27,31)(H2,25,28,29,30)/t18-/m1/s1. The lowest BCUT2D eigenvalue weighted by molar-refractivity contribution is 0.0963. The Kier molecular flexibility index (Phi) is 6.77. The first-order chi connectivity index (χ1) is 16.1. The van der Waals surface area contributed by atoms with E-state index in [9.17, 15) is 9.90 Å². The number of hydrogen-bond donors (Lipinski definition) is 5. The molecule has 0 saturated heterocycles. The average molecular weight is 465 g/mol. The molecule has 33 heavy (non-hydrogen) atoms. The number of carbonyl (C=O) groups excluding carboxylic acids is 1. The predicted molar refractivity (Wildman–Crippen MR) is 125 cm³/mol. The van der Waals surface area contributed by atoms with Crippen molar-refractivity contribution in [2.75, 3.05) is 24.3 Å². The number of H-pyrrole nitrogens is 1. The van der Waals surface area contributed by atoms with Crippen LogP contribution in [0.5, 0.6) is 0 Å². The van der Waals surface area contributed by atoms with Crippen molar-refractivity contribution in [2.45, 2.75) is 6.04 Å². The van der Waals surface area contributed by atoms with Crippen LogP contribution in [0.25, 0.3) is 11.4 Å². The van der Waals surface area contributed by atoms with Crippen LogP contribution in [0.4, 0.5) is 17.5 Å². The zero-order valence-electron chi connectivity index (χ0n) is 17.6. The van der Waals surface area contributed by atoms with Gasteiger partial charge >= 0.3 is 0 Å². The Balaban J connectivity index is 1.65. The third-order valence-electron chi connectivity index (χ3n) is 4.85. The minimum absolute atomic E-state index is 0.150. The Morgan fingerprint density at radius 1 is 1.18 bits per heavy atom. The van der Waals surface area contributed by atoms with Gasteiger partial charge in [0.2, 0.25) is 5.95 Å². The van der Waals surface area contributed by atoms with Crippen LogP contribution in [0.15, 0.2) is 61.1 Å². The van der Waals surface area contributed by atoms with Crippen LogP contribution in [0.1, 0.15) is 22.0 Å². The van der Waals surface area contributed by atoms with Crippen molar-refractivity contribution < 1.29 is 9.90 Å². The normalized spacial score (nSPS) is 11.6. The lowest BCUT2D eigenvalue weighted by Gasteiger charge is -2.19. The van der Waals surface area contributed by atoms with Gasteiger partial charge in [0.1, 0.15) is 12.1 Å². The van der Waals surface area contributed by atoms with Crippen LogP contribution >= 0.6 is 11.6 Å². The van der Waals surface area contributed by atoms with Gasteiger partial charge in [0.25, 0.3) is 5.91 Å². The van der Waals surface area contributed by atoms with Gasteiger partial charge in [-0.05, 0) is 23.8 Å². The van der Waals surface area contributed by atoms with Crippen molar-refractivity contribution in [2.24, 2.45) is 0 Å². The number of halogens is 1. The van der Waals surface area contributed by atoms with Gasteiger partial charge in [-0.25, -0.2) is 9.97 Å². The van der Waals surface area contributed by atoms with Gasteiger partial charge in [-0.2, -0.15) is 10.1 Å². The third-order valence-corrected chi connectivity index (χ3v) is 5.16. The van der Waals surface area contributed by atoms with Crippen LogP contribution in [-0.4, -0.2) is 49.8 Å². The SMILES string of the molecule is CNC(=O)c1ccc(Nc2ncc(-c3ncn[nH]3)c(N[C@H](CO)c3ccccc3)n2)cc1Cl. The number of anilines is 3. The fourth-order valence-electron chi connectivity index (χ4n) is 3.19. The summed E-state index contributed by atoms with van der Waals surface area (Å²) in [4.78, 5) is 25.0. The highest BCUT2D eigenvalue weighted by molar-refractivity contribution is 6.34. The van der Waals surface area contributed by atoms with E-state index in [-0.39, 0.29) is 18.5 Å². The zero-order valence-corrected chi connectivity index (χ0v) is 18.3. The van der Waals surface area contributed by atoms with E-state index in [2.05, 4.69) is 41.1 Å². The van der Waals surface area contributed by atoms with Gasteiger partial charge in [-0.15, -0.1) is 0 Å². The Bertz CT molecular complexity index is 1230. The molecule has 0 aliphatic rings. The Labute approximate surface area is 194 Å². The van der Waals surface area contributed by atoms with Crippen LogP contribution < -0.4 is 16.0 Å². The molecule has 11 heteroatoms. The molecular weight excluding hydrogens is 444 g/mol. The lowest BCUT2D eigenvalue weighted by Crippen LogP contribution is -2.18. The van der Waals surface area contributed by atoms with E-state index in [4.69, 9.17) is 11.6 Å². The molecule has 1 amide bonds. The van der Waals surface area contributed by atoms with Gasteiger partial charge in [0.15, 0.2) is 5.82 Å². The van der Waals surface area contributed by atoms with Crippen molar-refractivity contribution in [3.8, 4) is 11.4 Å². The van der Waals surface area contributed by atoms with Gasteiger partial charge < -0.3 is 21.1 Å². The molecule has 0 aliphatic carbocycles. The molecule has 2 heterocycles. The van der Waals surface area contributed by atoms with Crippen molar-refractivity contribution >= 4 is 35.0 Å². The molecule has 0 fully saturated rings. The van der Waals surface area contributed by atoms with E-state index in [0.717, 1.165) is 5.56 Å². The molecule has 1 atom stereocenters. The number of carbonyl (C=O) groups is 1. The Morgan fingerprint density at radius 3 is 2.67 bits per heavy atom. The molecule has 0 bridgehead atoms. The van der Waals surface area contributed by atoms with E-state index in [1.165, 1.54) is 6.33 Å². The van der Waals surface area contributed by atoms with Gasteiger partial charge in [0.05, 0.1) is 28.8 Å². The van der Waals surface area contributed by atoms with Crippen molar-refractivity contribution in [3.63, 3.8) is 0 Å². The third kappa shape index (κ3) is 5.08. The quantitative estimate of drug-likeness (QED) is 0.268. The minimum Gasteiger partial charge on any atom is -0.394 e. The summed E-state index contributed by atoms with van der Waals surface area (Å²) in [6.07, 6.45) is 2.99. The highest BCUT2D eigenvalue weighted by Crippen LogP contribution is 2.29. The maximum absolute atomic E-state index is 11.9. The second kappa shape index (κ2) is 10.1. The lowest BCUT2D eigenvalue weighted by atomic mass is 10.1. The molecule has 168 valence electrons. The van der Waals surface area contributed by atoms with Crippen LogP contribution in [0, 0.1) is 0 Å². The molecule has 2 aromatic carbocycles. The second-order valence-electron chi connectivity index (χ2n) is 6.98. The zero-order chi connectivity index (χ0) is 23.2. The highest BCUT2D eigenvalue weighted by Gasteiger charge is 2.18. The second-order valence-corrected chi connectivity index (χ2v) is 7.39. The first kappa shape index (κ1) is 22.2. The number of amides is 1. The number of aliphatic hydroxyl groups excluding tert-OH is 1. The number of rotatable bonds is 8. The molecule has 4 aromatic rings. The maximum Gasteiger partial charge on any atom is 0.252 e. The van der Waals surface area contributed by atoms with Crippen LogP contribution in [0.2, 0.25) is 5.02 Å². The number of benzene rings is 2. The molecule has 2 aromatic heterocycles. The van der Waals surface area contributed by atoms with Crippen LogP contribution in [-0.2, 0) is 0 Å². The summed E-state index contributed by atoms with van der Waals surface area (Å²) in [6.45, 7) is -0.150. The van der Waals surface area contributed by atoms with Gasteiger partial charge in [-0.1, -0.05) is 41.9 Å². The number of aromatic amines is 1. The topological polar surface area (TPSA) is 141 Å². The smallest absolute Gasteiger partial charge is 0.252 e. The van der Waals surface area contributed by atoms with Crippen molar-refractivity contribution in [3.05, 3.63) is 77.2 Å². The largest absolute Gasteiger partial charge is 0.394 e. The number of nitrogens with zero attached hydrogens (tertiary/aromatic N) is 4. The molecule has 0 aliphatic heterocycles. The summed E-state index contributed by atoms with van der Waals surface area (Å²) >= 11 is 6.25. The predicted octanol–water partition coefficient (Wildman–Crippen LogP) is 3.16. The number of nitrogens with one attached hydrogen (secondary N) is 4. The molecule has 5 N–H and O–H groups in total. The number of aliphatic hydroxyl groups is 1. The Hall–Kier alpha value is -4.02. The summed E-state index contributed by atoms with van der Waals surface area (Å²) in [6, 6.07) is 14.1. The van der Waals surface area contributed by atoms with Crippen molar-refractivity contribution in [1.29, 1.82) is 0 Å². The fraction of sp³-hybridized carbons (Fsp3) is 0.136. The molecule has 4 rings (SSSR count). The summed E-state index contributed by atoms with van der Waals surface area (Å²) in [5, 5.41) is 25.9. The number of aromatic nitrogens is 5. The highest BCUT2D eigenvalue weighted by atomic mass is 35.5. The molecule has 0 saturated carbocycles. The fourth-order valence-corrected chi connectivity index (χ4v) is 3.45.